The molecule has 0 amide bonds. The Bertz CT molecular complexity index is 1350. The average molecular weight is 652 g/mol. The maximum Gasteiger partial charge on any atom is 0.156 e. The molecule has 1 unspecified atom stereocenters. The summed E-state index contributed by atoms with van der Waals surface area (Å²) in [7, 11) is 6.80. The van der Waals surface area contributed by atoms with Gasteiger partial charge >= 0.3 is 0 Å². The van der Waals surface area contributed by atoms with E-state index in [1.54, 1.807) is 28.4 Å². The van der Waals surface area contributed by atoms with Crippen LogP contribution >= 0.6 is 31.9 Å². The van der Waals surface area contributed by atoms with E-state index in [0.717, 1.165) is 31.2 Å². The van der Waals surface area contributed by atoms with Crippen molar-refractivity contribution in [1.82, 2.24) is 0 Å². The van der Waals surface area contributed by atoms with Gasteiger partial charge in [0.25, 0.3) is 0 Å². The Balaban J connectivity index is 1.67. The number of ether oxygens (including phenoxy) is 4. The van der Waals surface area contributed by atoms with Crippen LogP contribution in [0.2, 0.25) is 0 Å². The highest BCUT2D eigenvalue weighted by molar-refractivity contribution is 9.10. The fourth-order valence-corrected chi connectivity index (χ4v) is 5.24. The third kappa shape index (κ3) is 6.30. The summed E-state index contributed by atoms with van der Waals surface area (Å²) in [5.41, 5.74) is 1.65. The zero-order valence-electron chi connectivity index (χ0n) is 22.5. The van der Waals surface area contributed by atoms with Gasteiger partial charge in [0, 0.05) is 49.4 Å². The molecule has 4 rings (SSSR count). The Morgan fingerprint density at radius 2 is 1.13 bits per heavy atom. The first kappa shape index (κ1) is 29.5. The molecule has 4 nitrogen and oxygen atoms in total. The summed E-state index contributed by atoms with van der Waals surface area (Å²) < 4.78 is 25.5. The lowest BCUT2D eigenvalue weighted by molar-refractivity contribution is 0.00973. The summed E-state index contributed by atoms with van der Waals surface area (Å²) in [5.74, 6) is 6.67. The van der Waals surface area contributed by atoms with E-state index in [0.29, 0.717) is 13.0 Å². The minimum Gasteiger partial charge on any atom is -0.385 e. The van der Waals surface area contributed by atoms with Crippen molar-refractivity contribution in [2.45, 2.75) is 23.2 Å². The van der Waals surface area contributed by atoms with E-state index in [2.05, 4.69) is 104 Å². The summed E-state index contributed by atoms with van der Waals surface area (Å²) in [4.78, 5) is 0. The first-order valence-corrected chi connectivity index (χ1v) is 14.1. The fraction of sp³-hybridized carbons (Fsp3) is 0.273. The van der Waals surface area contributed by atoms with Crippen LogP contribution in [-0.2, 0) is 35.8 Å². The molecule has 0 aliphatic heterocycles. The molecular formula is C33H32Br2O4. The van der Waals surface area contributed by atoms with Gasteiger partial charge in [0.2, 0.25) is 0 Å². The maximum absolute atomic E-state index is 6.07. The van der Waals surface area contributed by atoms with Crippen molar-refractivity contribution in [3.05, 3.63) is 128 Å². The van der Waals surface area contributed by atoms with Gasteiger partial charge in [0.15, 0.2) is 5.60 Å². The monoisotopic (exact) mass is 650 g/mol. The van der Waals surface area contributed by atoms with E-state index < -0.39 is 16.8 Å². The third-order valence-electron chi connectivity index (χ3n) is 7.19. The molecule has 1 aliphatic rings. The summed E-state index contributed by atoms with van der Waals surface area (Å²) in [6, 6.07) is 24.3. The topological polar surface area (TPSA) is 36.9 Å². The number of halogens is 2. The predicted octanol–water partition coefficient (Wildman–Crippen LogP) is 7.65. The van der Waals surface area contributed by atoms with Crippen molar-refractivity contribution in [3.8, 4) is 11.8 Å². The molecule has 202 valence electrons. The van der Waals surface area contributed by atoms with E-state index in [4.69, 9.17) is 18.9 Å². The van der Waals surface area contributed by atoms with Crippen LogP contribution in [0.25, 0.3) is 0 Å². The maximum atomic E-state index is 6.07. The quantitative estimate of drug-likeness (QED) is 0.176. The van der Waals surface area contributed by atoms with Crippen molar-refractivity contribution < 1.29 is 18.9 Å². The molecule has 0 aromatic heterocycles. The summed E-state index contributed by atoms with van der Waals surface area (Å²) >= 11 is 6.99. The minimum atomic E-state index is -0.827. The van der Waals surface area contributed by atoms with Crippen LogP contribution in [0, 0.1) is 11.8 Å². The number of benzene rings is 3. The molecule has 0 N–H and O–H groups in total. The van der Waals surface area contributed by atoms with Crippen molar-refractivity contribution in [3.63, 3.8) is 0 Å². The second-order valence-corrected chi connectivity index (χ2v) is 11.1. The third-order valence-corrected chi connectivity index (χ3v) is 8.25. The van der Waals surface area contributed by atoms with Crippen LogP contribution in [0.15, 0.2) is 106 Å². The molecule has 0 radical (unpaired) electrons. The van der Waals surface area contributed by atoms with Gasteiger partial charge in [-0.3, -0.25) is 0 Å². The van der Waals surface area contributed by atoms with Gasteiger partial charge in [0.1, 0.15) is 11.2 Å². The molecule has 6 heteroatoms. The standard InChI is InChI=1S/C33H32Br2O4/c1-36-24-23-31(37-2,18-17-25-5-13-29(34)14-6-25)26-7-9-27(10-8-26)32(38-3)19-21-33(39-4,22-20-32)28-11-15-30(35)16-12-28/h5-16,19-22H,23-24H2,1-4H3. The number of rotatable bonds is 9. The van der Waals surface area contributed by atoms with Gasteiger partial charge in [-0.1, -0.05) is 80.1 Å². The second kappa shape index (κ2) is 12.8. The molecule has 1 aliphatic carbocycles. The highest BCUT2D eigenvalue weighted by Crippen LogP contribution is 2.40. The van der Waals surface area contributed by atoms with Crippen LogP contribution in [-0.4, -0.2) is 35.0 Å². The number of hydrogen-bond donors (Lipinski definition) is 0. The molecule has 0 fully saturated rings. The van der Waals surface area contributed by atoms with Crippen LogP contribution in [0.3, 0.4) is 0 Å². The molecule has 3 aromatic carbocycles. The SMILES string of the molecule is COCCC(C#Cc1ccc(Br)cc1)(OC)c1ccc(C2(OC)C=CC(OC)(c3ccc(Br)cc3)C=C2)cc1. The lowest BCUT2D eigenvalue weighted by Gasteiger charge is -2.36. The average Bonchev–Trinajstić information content (AvgIpc) is 2.99. The summed E-state index contributed by atoms with van der Waals surface area (Å²) in [5, 5.41) is 0. The smallest absolute Gasteiger partial charge is 0.156 e. The summed E-state index contributed by atoms with van der Waals surface area (Å²) in [6.45, 7) is 0.507. The molecule has 3 aromatic rings. The molecular weight excluding hydrogens is 620 g/mol. The molecule has 0 saturated heterocycles. The summed E-state index contributed by atoms with van der Waals surface area (Å²) in [6.07, 6.45) is 8.79. The van der Waals surface area contributed by atoms with Crippen molar-refractivity contribution in [2.24, 2.45) is 0 Å². The van der Waals surface area contributed by atoms with E-state index in [1.807, 2.05) is 36.4 Å². The van der Waals surface area contributed by atoms with E-state index in [-0.39, 0.29) is 0 Å². The van der Waals surface area contributed by atoms with Gasteiger partial charge in [0.05, 0.1) is 6.61 Å². The van der Waals surface area contributed by atoms with E-state index >= 15 is 0 Å². The van der Waals surface area contributed by atoms with Crippen LogP contribution in [0.5, 0.6) is 0 Å². The molecule has 1 atom stereocenters. The predicted molar refractivity (Wildman–Crippen MR) is 162 cm³/mol. The lowest BCUT2D eigenvalue weighted by atomic mass is 9.80. The van der Waals surface area contributed by atoms with Crippen LogP contribution in [0.4, 0.5) is 0 Å². The first-order valence-electron chi connectivity index (χ1n) is 12.6. The van der Waals surface area contributed by atoms with Gasteiger partial charge in [-0.25, -0.2) is 0 Å². The Labute approximate surface area is 248 Å². The molecule has 0 saturated carbocycles. The second-order valence-electron chi connectivity index (χ2n) is 9.28. The van der Waals surface area contributed by atoms with Crippen LogP contribution < -0.4 is 0 Å². The van der Waals surface area contributed by atoms with Crippen molar-refractivity contribution in [1.29, 1.82) is 0 Å². The lowest BCUT2D eigenvalue weighted by Crippen LogP contribution is -2.33. The zero-order valence-corrected chi connectivity index (χ0v) is 25.7. The molecule has 0 spiro atoms. The van der Waals surface area contributed by atoms with E-state index in [1.165, 1.54) is 0 Å². The fourth-order valence-electron chi connectivity index (χ4n) is 4.71. The number of hydrogen-bond acceptors (Lipinski definition) is 4. The minimum absolute atomic E-state index is 0.507. The zero-order chi connectivity index (χ0) is 27.9. The van der Waals surface area contributed by atoms with Crippen molar-refractivity contribution in [2.75, 3.05) is 35.0 Å². The van der Waals surface area contributed by atoms with Gasteiger partial charge in [-0.2, -0.15) is 0 Å². The molecule has 39 heavy (non-hydrogen) atoms. The Hall–Kier alpha value is -2.50. The van der Waals surface area contributed by atoms with Crippen LogP contribution in [0.1, 0.15) is 28.7 Å². The van der Waals surface area contributed by atoms with Gasteiger partial charge in [-0.15, -0.1) is 0 Å². The highest BCUT2D eigenvalue weighted by atomic mass is 79.9. The first-order chi connectivity index (χ1) is 18.8. The van der Waals surface area contributed by atoms with Gasteiger partial charge in [-0.05, 0) is 77.4 Å². The Morgan fingerprint density at radius 3 is 1.56 bits per heavy atom. The number of methoxy groups -OCH3 is 4. The molecule has 0 bridgehead atoms. The van der Waals surface area contributed by atoms with Gasteiger partial charge < -0.3 is 18.9 Å². The Kier molecular flexibility index (Phi) is 9.66. The molecule has 0 heterocycles. The van der Waals surface area contributed by atoms with Crippen molar-refractivity contribution >= 4 is 31.9 Å². The van der Waals surface area contributed by atoms with E-state index in [9.17, 15) is 0 Å². The highest BCUT2D eigenvalue weighted by Gasteiger charge is 2.37. The normalized spacial score (nSPS) is 21.7. The Morgan fingerprint density at radius 1 is 0.667 bits per heavy atom. The largest absolute Gasteiger partial charge is 0.385 e.